The van der Waals surface area contributed by atoms with Crippen molar-refractivity contribution >= 4 is 17.9 Å². The van der Waals surface area contributed by atoms with Gasteiger partial charge in [0.15, 0.2) is 0 Å². The number of carboxylic acid groups (broad SMARTS) is 1. The van der Waals surface area contributed by atoms with Crippen molar-refractivity contribution in [3.63, 3.8) is 0 Å². The minimum absolute atomic E-state index is 0.0426. The maximum atomic E-state index is 11.7. The van der Waals surface area contributed by atoms with Gasteiger partial charge < -0.3 is 9.84 Å². The third-order valence-electron chi connectivity index (χ3n) is 3.01. The number of hydrogen-bond donors (Lipinski definition) is 2. The summed E-state index contributed by atoms with van der Waals surface area (Å²) in [7, 11) is 0. The molecule has 2 aromatic rings. The first-order chi connectivity index (χ1) is 11.7. The van der Waals surface area contributed by atoms with Crippen molar-refractivity contribution in [2.24, 2.45) is 0 Å². The number of ether oxygens (including phenoxy) is 1. The van der Waals surface area contributed by atoms with Crippen LogP contribution in [0.2, 0.25) is 0 Å². The highest BCUT2D eigenvalue weighted by Crippen LogP contribution is 2.25. The monoisotopic (exact) mass is 339 g/mol. The number of pyridine rings is 2. The topological polar surface area (TPSA) is 101 Å². The van der Waals surface area contributed by atoms with E-state index in [0.717, 1.165) is 0 Å². The Labute approximate surface area is 145 Å². The van der Waals surface area contributed by atoms with Crippen LogP contribution in [0, 0.1) is 12.3 Å². The summed E-state index contributed by atoms with van der Waals surface area (Å²) < 4.78 is 5.14. The number of carbonyl (C=O) groups is 2. The molecule has 2 rings (SSSR count). The Hall–Kier alpha value is -3.40. The van der Waals surface area contributed by atoms with Gasteiger partial charge in [0.1, 0.15) is 22.7 Å². The Morgan fingerprint density at radius 1 is 1.24 bits per heavy atom. The summed E-state index contributed by atoms with van der Waals surface area (Å²) in [6, 6.07) is 4.71. The molecule has 7 nitrogen and oxygen atoms in total. The van der Waals surface area contributed by atoms with E-state index in [2.05, 4.69) is 21.2 Å². The lowest BCUT2D eigenvalue weighted by Gasteiger charge is -2.19. The van der Waals surface area contributed by atoms with E-state index in [4.69, 9.17) is 11.2 Å². The molecule has 0 atom stereocenters. The van der Waals surface area contributed by atoms with Gasteiger partial charge in [-0.25, -0.2) is 19.6 Å². The fourth-order valence-corrected chi connectivity index (χ4v) is 2.06. The van der Waals surface area contributed by atoms with Gasteiger partial charge in [0.25, 0.3) is 0 Å². The number of carbonyl (C=O) groups excluding carboxylic acids is 1. The van der Waals surface area contributed by atoms with E-state index in [1.54, 1.807) is 39.0 Å². The van der Waals surface area contributed by atoms with Crippen molar-refractivity contribution < 1.29 is 19.4 Å². The molecule has 0 spiro atoms. The van der Waals surface area contributed by atoms with Gasteiger partial charge in [-0.2, -0.15) is 0 Å². The zero-order chi connectivity index (χ0) is 18.6. The molecule has 0 fully saturated rings. The fourth-order valence-electron chi connectivity index (χ4n) is 2.06. The Bertz CT molecular complexity index is 846. The average molecular weight is 339 g/mol. The van der Waals surface area contributed by atoms with Crippen LogP contribution in [0.25, 0.3) is 11.1 Å². The standard InChI is InChI=1S/C18H17N3O4/c1-5-13-15(16(22)23)12(8-9-19-13)11-6-7-14(20-10-11)21-17(24)25-18(2,3)4/h1,6-10H,2-4H3,(H,22,23)(H,20,21,24). The van der Waals surface area contributed by atoms with Gasteiger partial charge in [-0.3, -0.25) is 5.32 Å². The average Bonchev–Trinajstić information content (AvgIpc) is 2.52. The van der Waals surface area contributed by atoms with Crippen LogP contribution >= 0.6 is 0 Å². The molecular weight excluding hydrogens is 322 g/mol. The van der Waals surface area contributed by atoms with E-state index in [9.17, 15) is 14.7 Å². The molecule has 0 aliphatic rings. The highest BCUT2D eigenvalue weighted by atomic mass is 16.6. The lowest BCUT2D eigenvalue weighted by atomic mass is 10.0. The van der Waals surface area contributed by atoms with Crippen LogP contribution in [0.4, 0.5) is 10.6 Å². The first kappa shape index (κ1) is 17.9. The van der Waals surface area contributed by atoms with E-state index < -0.39 is 17.7 Å². The highest BCUT2D eigenvalue weighted by Gasteiger charge is 2.18. The van der Waals surface area contributed by atoms with Gasteiger partial charge in [0.2, 0.25) is 0 Å². The van der Waals surface area contributed by atoms with E-state index >= 15 is 0 Å². The number of nitrogens with one attached hydrogen (secondary N) is 1. The minimum Gasteiger partial charge on any atom is -0.478 e. The Balaban J connectivity index is 2.28. The van der Waals surface area contributed by atoms with Gasteiger partial charge in [-0.05, 0) is 44.9 Å². The van der Waals surface area contributed by atoms with Crippen molar-refractivity contribution in [1.82, 2.24) is 9.97 Å². The molecular formula is C18H17N3O4. The SMILES string of the molecule is C#Cc1nccc(-c2ccc(NC(=O)OC(C)(C)C)nc2)c1C(=O)O. The van der Waals surface area contributed by atoms with Crippen molar-refractivity contribution in [3.05, 3.63) is 41.9 Å². The van der Waals surface area contributed by atoms with Gasteiger partial charge in [0, 0.05) is 23.5 Å². The summed E-state index contributed by atoms with van der Waals surface area (Å²) >= 11 is 0. The molecule has 0 unspecified atom stereocenters. The maximum Gasteiger partial charge on any atom is 0.413 e. The normalized spacial score (nSPS) is 10.6. The molecule has 128 valence electrons. The smallest absolute Gasteiger partial charge is 0.413 e. The molecule has 0 aliphatic carbocycles. The van der Waals surface area contributed by atoms with Crippen molar-refractivity contribution in [1.29, 1.82) is 0 Å². The lowest BCUT2D eigenvalue weighted by Crippen LogP contribution is -2.27. The summed E-state index contributed by atoms with van der Waals surface area (Å²) in [4.78, 5) is 31.2. The summed E-state index contributed by atoms with van der Waals surface area (Å²) in [5, 5.41) is 11.9. The van der Waals surface area contributed by atoms with Crippen LogP contribution in [-0.4, -0.2) is 32.7 Å². The van der Waals surface area contributed by atoms with Gasteiger partial charge in [-0.1, -0.05) is 0 Å². The second-order valence-corrected chi connectivity index (χ2v) is 6.09. The molecule has 0 radical (unpaired) electrons. The van der Waals surface area contributed by atoms with Crippen LogP contribution in [0.5, 0.6) is 0 Å². The molecule has 2 N–H and O–H groups in total. The van der Waals surface area contributed by atoms with Crippen molar-refractivity contribution in [3.8, 4) is 23.5 Å². The second kappa shape index (κ2) is 7.01. The second-order valence-electron chi connectivity index (χ2n) is 6.09. The molecule has 7 heteroatoms. The molecule has 0 saturated carbocycles. The predicted octanol–water partition coefficient (Wildman–Crippen LogP) is 3.17. The van der Waals surface area contributed by atoms with E-state index in [-0.39, 0.29) is 17.1 Å². The number of amides is 1. The number of aromatic nitrogens is 2. The minimum atomic E-state index is -1.17. The first-order valence-electron chi connectivity index (χ1n) is 7.36. The summed E-state index contributed by atoms with van der Waals surface area (Å²) in [6.07, 6.45) is 7.56. The zero-order valence-corrected chi connectivity index (χ0v) is 14.0. The van der Waals surface area contributed by atoms with Crippen LogP contribution in [0.3, 0.4) is 0 Å². The van der Waals surface area contributed by atoms with E-state index in [1.807, 2.05) is 0 Å². The molecule has 2 heterocycles. The summed E-state index contributed by atoms with van der Waals surface area (Å²) in [5.41, 5.74) is 0.279. The first-order valence-corrected chi connectivity index (χ1v) is 7.36. The fraction of sp³-hybridized carbons (Fsp3) is 0.222. The molecule has 0 aliphatic heterocycles. The van der Waals surface area contributed by atoms with E-state index in [0.29, 0.717) is 11.1 Å². The number of terminal acetylenes is 1. The van der Waals surface area contributed by atoms with Crippen molar-refractivity contribution in [2.75, 3.05) is 5.32 Å². The van der Waals surface area contributed by atoms with E-state index in [1.165, 1.54) is 12.4 Å². The quantitative estimate of drug-likeness (QED) is 0.833. The number of carboxylic acids is 1. The maximum absolute atomic E-state index is 11.7. The molecule has 0 bridgehead atoms. The zero-order valence-electron chi connectivity index (χ0n) is 14.0. The predicted molar refractivity (Wildman–Crippen MR) is 92.2 cm³/mol. The highest BCUT2D eigenvalue weighted by molar-refractivity contribution is 5.98. The number of aromatic carboxylic acids is 1. The summed E-state index contributed by atoms with van der Waals surface area (Å²) in [6.45, 7) is 5.26. The third kappa shape index (κ3) is 4.54. The van der Waals surface area contributed by atoms with Crippen LogP contribution in [0.1, 0.15) is 36.8 Å². The Kier molecular flexibility index (Phi) is 5.03. The Morgan fingerprint density at radius 2 is 1.96 bits per heavy atom. The summed E-state index contributed by atoms with van der Waals surface area (Å²) in [5.74, 6) is 1.37. The Morgan fingerprint density at radius 3 is 2.48 bits per heavy atom. The molecule has 25 heavy (non-hydrogen) atoms. The number of nitrogens with zero attached hydrogens (tertiary/aromatic N) is 2. The lowest BCUT2D eigenvalue weighted by molar-refractivity contribution is 0.0633. The van der Waals surface area contributed by atoms with Crippen LogP contribution in [-0.2, 0) is 4.74 Å². The van der Waals surface area contributed by atoms with Crippen molar-refractivity contribution in [2.45, 2.75) is 26.4 Å². The van der Waals surface area contributed by atoms with Gasteiger partial charge >= 0.3 is 12.1 Å². The molecule has 1 amide bonds. The van der Waals surface area contributed by atoms with Crippen LogP contribution < -0.4 is 5.32 Å². The molecule has 0 aromatic carbocycles. The van der Waals surface area contributed by atoms with Gasteiger partial charge in [0.05, 0.1) is 0 Å². The number of hydrogen-bond acceptors (Lipinski definition) is 5. The van der Waals surface area contributed by atoms with Gasteiger partial charge in [-0.15, -0.1) is 6.42 Å². The molecule has 0 saturated heterocycles. The largest absolute Gasteiger partial charge is 0.478 e. The third-order valence-corrected chi connectivity index (χ3v) is 3.01. The molecule has 2 aromatic heterocycles. The number of anilines is 1. The van der Waals surface area contributed by atoms with Crippen LogP contribution in [0.15, 0.2) is 30.6 Å². The number of rotatable bonds is 3.